The first-order valence-electron chi connectivity index (χ1n) is 9.92. The highest BCUT2D eigenvalue weighted by atomic mass is 32.2. The minimum absolute atomic E-state index is 0.0729. The summed E-state index contributed by atoms with van der Waals surface area (Å²) in [5.74, 6) is 1.90. The van der Waals surface area contributed by atoms with Gasteiger partial charge in [0.1, 0.15) is 0 Å². The fourth-order valence-corrected chi connectivity index (χ4v) is 4.40. The van der Waals surface area contributed by atoms with Gasteiger partial charge in [0, 0.05) is 35.7 Å². The van der Waals surface area contributed by atoms with E-state index in [1.807, 2.05) is 73.0 Å². The van der Waals surface area contributed by atoms with Crippen molar-refractivity contribution in [1.29, 1.82) is 0 Å². The summed E-state index contributed by atoms with van der Waals surface area (Å²) in [6.07, 6.45) is 3.38. The lowest BCUT2D eigenvalue weighted by molar-refractivity contribution is 0.0772. The molecule has 154 valence electrons. The molecule has 1 aliphatic heterocycles. The van der Waals surface area contributed by atoms with Crippen LogP contribution in [-0.2, 0) is 0 Å². The summed E-state index contributed by atoms with van der Waals surface area (Å²) >= 11 is 1.88. The van der Waals surface area contributed by atoms with Crippen molar-refractivity contribution in [3.8, 4) is 5.69 Å². The van der Waals surface area contributed by atoms with Crippen molar-refractivity contribution >= 4 is 29.3 Å². The van der Waals surface area contributed by atoms with Crippen LogP contribution in [0.3, 0.4) is 0 Å². The van der Waals surface area contributed by atoms with Crippen molar-refractivity contribution in [2.75, 3.05) is 29.9 Å². The molecule has 6 nitrogen and oxygen atoms in total. The molecule has 1 N–H and O–H groups in total. The number of rotatable bonds is 4. The molecule has 7 heteroatoms. The number of hydrogen-bond acceptors (Lipinski definition) is 4. The van der Waals surface area contributed by atoms with Gasteiger partial charge in [-0.3, -0.25) is 9.59 Å². The largest absolute Gasteiger partial charge is 0.337 e. The lowest BCUT2D eigenvalue weighted by Gasteiger charge is -2.26. The molecule has 0 atom stereocenters. The van der Waals surface area contributed by atoms with Crippen LogP contribution in [0.15, 0.2) is 54.9 Å². The van der Waals surface area contributed by atoms with Crippen molar-refractivity contribution < 1.29 is 9.59 Å². The maximum absolute atomic E-state index is 12.6. The highest BCUT2D eigenvalue weighted by molar-refractivity contribution is 7.99. The highest BCUT2D eigenvalue weighted by Crippen LogP contribution is 2.18. The number of nitrogens with zero attached hydrogens (tertiary/aromatic N) is 3. The molecular weight excluding hydrogens is 396 g/mol. The number of thioether (sulfide) groups is 1. The van der Waals surface area contributed by atoms with Crippen molar-refractivity contribution in [1.82, 2.24) is 14.7 Å². The molecular formula is C23H24N4O2S. The molecule has 0 bridgehead atoms. The topological polar surface area (TPSA) is 67.2 Å². The predicted molar refractivity (Wildman–Crippen MR) is 121 cm³/mol. The number of carbonyl (C=O) groups is 2. The SMILES string of the molecule is Cc1ccc(C(=O)Nc2cnn(-c3ccc(C(=O)N4CCSCC4)cc3)c2)c(C)c1. The lowest BCUT2D eigenvalue weighted by Crippen LogP contribution is -2.37. The maximum Gasteiger partial charge on any atom is 0.256 e. The van der Waals surface area contributed by atoms with Gasteiger partial charge in [0.05, 0.1) is 23.8 Å². The molecule has 30 heavy (non-hydrogen) atoms. The first-order valence-corrected chi connectivity index (χ1v) is 11.1. The maximum atomic E-state index is 12.6. The van der Waals surface area contributed by atoms with Crippen molar-refractivity contribution in [2.24, 2.45) is 0 Å². The Morgan fingerprint density at radius 3 is 2.47 bits per heavy atom. The Labute approximate surface area is 180 Å². The first-order chi connectivity index (χ1) is 14.5. The summed E-state index contributed by atoms with van der Waals surface area (Å²) in [7, 11) is 0. The Bertz CT molecular complexity index is 1070. The second-order valence-electron chi connectivity index (χ2n) is 7.40. The third-order valence-corrected chi connectivity index (χ3v) is 6.09. The smallest absolute Gasteiger partial charge is 0.256 e. The third-order valence-electron chi connectivity index (χ3n) is 5.14. The van der Waals surface area contributed by atoms with E-state index in [-0.39, 0.29) is 11.8 Å². The van der Waals surface area contributed by atoms with Gasteiger partial charge in [0.15, 0.2) is 0 Å². The summed E-state index contributed by atoms with van der Waals surface area (Å²) in [6, 6.07) is 13.1. The van der Waals surface area contributed by atoms with Gasteiger partial charge < -0.3 is 10.2 Å². The normalized spacial score (nSPS) is 13.9. The van der Waals surface area contributed by atoms with Gasteiger partial charge in [-0.15, -0.1) is 0 Å². The molecule has 2 aromatic carbocycles. The molecule has 3 aromatic rings. The zero-order valence-corrected chi connectivity index (χ0v) is 17.9. The zero-order valence-electron chi connectivity index (χ0n) is 17.1. The second kappa shape index (κ2) is 8.75. The van der Waals surface area contributed by atoms with E-state index in [0.29, 0.717) is 16.8 Å². The van der Waals surface area contributed by atoms with E-state index in [4.69, 9.17) is 0 Å². The Morgan fingerprint density at radius 1 is 1.03 bits per heavy atom. The average Bonchev–Trinajstić information content (AvgIpc) is 3.22. The first kappa shape index (κ1) is 20.2. The molecule has 1 saturated heterocycles. The van der Waals surface area contributed by atoms with E-state index < -0.39 is 0 Å². The molecule has 0 aliphatic carbocycles. The average molecular weight is 421 g/mol. The van der Waals surface area contributed by atoms with Gasteiger partial charge in [-0.2, -0.15) is 16.9 Å². The number of carbonyl (C=O) groups excluding carboxylic acids is 2. The molecule has 2 amide bonds. The van der Waals surface area contributed by atoms with Gasteiger partial charge in [-0.05, 0) is 49.7 Å². The lowest BCUT2D eigenvalue weighted by atomic mass is 10.1. The van der Waals surface area contributed by atoms with Crippen molar-refractivity contribution in [3.63, 3.8) is 0 Å². The Kier molecular flexibility index (Phi) is 5.90. The van der Waals surface area contributed by atoms with E-state index in [9.17, 15) is 9.59 Å². The van der Waals surface area contributed by atoms with Crippen LogP contribution in [0.2, 0.25) is 0 Å². The van der Waals surface area contributed by atoms with Crippen molar-refractivity contribution in [2.45, 2.75) is 13.8 Å². The summed E-state index contributed by atoms with van der Waals surface area (Å²) in [6.45, 7) is 5.53. The second-order valence-corrected chi connectivity index (χ2v) is 8.62. The molecule has 0 unspecified atom stereocenters. The highest BCUT2D eigenvalue weighted by Gasteiger charge is 2.18. The number of aromatic nitrogens is 2. The Hall–Kier alpha value is -3.06. The van der Waals surface area contributed by atoms with Crippen LogP contribution >= 0.6 is 11.8 Å². The number of aryl methyl sites for hydroxylation is 2. The van der Waals surface area contributed by atoms with Crippen LogP contribution < -0.4 is 5.32 Å². The molecule has 0 radical (unpaired) electrons. The zero-order chi connectivity index (χ0) is 21.1. The van der Waals surface area contributed by atoms with E-state index in [1.165, 1.54) is 0 Å². The quantitative estimate of drug-likeness (QED) is 0.694. The van der Waals surface area contributed by atoms with Gasteiger partial charge in [-0.1, -0.05) is 17.7 Å². The molecule has 4 rings (SSSR count). The van der Waals surface area contributed by atoms with Crippen LogP contribution in [0.1, 0.15) is 31.8 Å². The summed E-state index contributed by atoms with van der Waals surface area (Å²) < 4.78 is 1.68. The molecule has 1 aliphatic rings. The standard InChI is InChI=1S/C23H24N4O2S/c1-16-3-8-21(17(2)13-16)22(28)25-19-14-24-27(15-19)20-6-4-18(5-7-20)23(29)26-9-11-30-12-10-26/h3-8,13-15H,9-12H2,1-2H3,(H,25,28). The number of benzene rings is 2. The predicted octanol–water partition coefficient (Wildman–Crippen LogP) is 3.93. The minimum Gasteiger partial charge on any atom is -0.337 e. The summed E-state index contributed by atoms with van der Waals surface area (Å²) in [4.78, 5) is 27.1. The van der Waals surface area contributed by atoms with Gasteiger partial charge in [-0.25, -0.2) is 4.68 Å². The minimum atomic E-state index is -0.160. The number of anilines is 1. The van der Waals surface area contributed by atoms with Crippen LogP contribution in [0.25, 0.3) is 5.69 Å². The Morgan fingerprint density at radius 2 is 1.77 bits per heavy atom. The Balaban J connectivity index is 1.44. The number of hydrogen-bond donors (Lipinski definition) is 1. The van der Waals surface area contributed by atoms with Crippen molar-refractivity contribution in [3.05, 3.63) is 77.1 Å². The van der Waals surface area contributed by atoms with Gasteiger partial charge >= 0.3 is 0 Å². The molecule has 1 aromatic heterocycles. The third kappa shape index (κ3) is 4.41. The van der Waals surface area contributed by atoms with Crippen LogP contribution in [0.5, 0.6) is 0 Å². The number of nitrogens with one attached hydrogen (secondary N) is 1. The van der Waals surface area contributed by atoms with E-state index in [0.717, 1.165) is 41.4 Å². The van der Waals surface area contributed by atoms with E-state index >= 15 is 0 Å². The summed E-state index contributed by atoms with van der Waals surface area (Å²) in [5, 5.41) is 7.23. The fourth-order valence-electron chi connectivity index (χ4n) is 3.50. The van der Waals surface area contributed by atoms with Crippen LogP contribution in [0.4, 0.5) is 5.69 Å². The molecule has 0 spiro atoms. The van der Waals surface area contributed by atoms with Gasteiger partial charge in [0.25, 0.3) is 11.8 Å². The fraction of sp³-hybridized carbons (Fsp3) is 0.261. The van der Waals surface area contributed by atoms with E-state index in [2.05, 4.69) is 10.4 Å². The molecule has 2 heterocycles. The monoisotopic (exact) mass is 420 g/mol. The van der Waals surface area contributed by atoms with Crippen LogP contribution in [-0.4, -0.2) is 51.1 Å². The molecule has 0 saturated carbocycles. The van der Waals surface area contributed by atoms with Crippen LogP contribution in [0, 0.1) is 13.8 Å². The van der Waals surface area contributed by atoms with Gasteiger partial charge in [0.2, 0.25) is 0 Å². The number of amides is 2. The van der Waals surface area contributed by atoms with E-state index in [1.54, 1.807) is 17.1 Å². The summed E-state index contributed by atoms with van der Waals surface area (Å²) in [5.41, 5.74) is 4.83. The molecule has 1 fully saturated rings.